The van der Waals surface area contributed by atoms with Gasteiger partial charge >= 0.3 is 15.2 Å². The third-order valence-corrected chi connectivity index (χ3v) is 7.11. The minimum Gasteiger partial charge on any atom is -0.255 e. The van der Waals surface area contributed by atoms with Crippen LogP contribution in [0, 0.1) is 0 Å². The number of fused-ring (bicyclic) bond motifs is 1. The Morgan fingerprint density at radius 2 is 0.941 bits per heavy atom. The molecule has 2 rings (SSSR count). The summed E-state index contributed by atoms with van der Waals surface area (Å²) in [6.07, 6.45) is -0.927. The van der Waals surface area contributed by atoms with Gasteiger partial charge in [0.05, 0.1) is 71.2 Å². The summed E-state index contributed by atoms with van der Waals surface area (Å²) in [6.45, 7) is 6.86. The average molecular weight is 563 g/mol. The summed E-state index contributed by atoms with van der Waals surface area (Å²) in [5.74, 6) is 0. The number of halogens is 2. The molecule has 2 aromatic rings. The van der Waals surface area contributed by atoms with E-state index < -0.39 is 27.5 Å². The molecule has 0 atom stereocenters. The fourth-order valence-corrected chi connectivity index (χ4v) is 5.29. The van der Waals surface area contributed by atoms with E-state index in [-0.39, 0.29) is 47.9 Å². The fraction of sp³-hybridized carbons (Fsp3) is 0.556. The van der Waals surface area contributed by atoms with E-state index in [0.29, 0.717) is 11.0 Å². The maximum atomic E-state index is 13.2. The van der Waals surface area contributed by atoms with E-state index >= 15 is 0 Å². The number of aromatic nitrogens is 2. The van der Waals surface area contributed by atoms with Crippen LogP contribution >= 0.6 is 38.4 Å². The highest BCUT2D eigenvalue weighted by atomic mass is 35.5. The Bertz CT molecular complexity index is 941. The van der Waals surface area contributed by atoms with Crippen molar-refractivity contribution in [3.63, 3.8) is 0 Å². The van der Waals surface area contributed by atoms with Crippen LogP contribution in [0.1, 0.15) is 39.1 Å². The summed E-state index contributed by atoms with van der Waals surface area (Å²) < 4.78 is 46.3. The van der Waals surface area contributed by atoms with E-state index in [9.17, 15) is 9.13 Å². The van der Waals surface area contributed by atoms with Gasteiger partial charge in [0.1, 0.15) is 0 Å². The first-order valence-corrected chi connectivity index (χ1v) is 14.5. The molecule has 16 heteroatoms. The van der Waals surface area contributed by atoms with Crippen molar-refractivity contribution in [1.82, 2.24) is 9.97 Å². The fourth-order valence-electron chi connectivity index (χ4n) is 2.41. The van der Waals surface area contributed by atoms with Gasteiger partial charge in [0, 0.05) is 0 Å². The Balaban J connectivity index is 2.57. The van der Waals surface area contributed by atoms with Gasteiger partial charge in [-0.15, -0.1) is 18.7 Å². The molecule has 0 aliphatic carbocycles. The van der Waals surface area contributed by atoms with Gasteiger partial charge < -0.3 is 0 Å². The molecular weight excluding hydrogens is 537 g/mol. The third-order valence-electron chi connectivity index (χ3n) is 3.68. The minimum absolute atomic E-state index is 0.0639. The van der Waals surface area contributed by atoms with Crippen LogP contribution in [-0.2, 0) is 59.7 Å². The molecule has 0 aliphatic heterocycles. The van der Waals surface area contributed by atoms with E-state index in [0.717, 1.165) is 0 Å². The Morgan fingerprint density at radius 1 is 0.647 bits per heavy atom. The number of nitrogens with zero attached hydrogens (tertiary/aromatic N) is 2. The Hall–Kier alpha value is -0.720. The van der Waals surface area contributed by atoms with Gasteiger partial charge in [-0.1, -0.05) is 23.2 Å². The molecule has 0 radical (unpaired) electrons. The van der Waals surface area contributed by atoms with Crippen LogP contribution in [0.25, 0.3) is 11.0 Å². The van der Waals surface area contributed by atoms with Crippen LogP contribution in [0.4, 0.5) is 0 Å². The second kappa shape index (κ2) is 14.1. The summed E-state index contributed by atoms with van der Waals surface area (Å²) in [5, 5.41) is 0.457. The van der Waals surface area contributed by atoms with Gasteiger partial charge in [-0.2, -0.15) is 0 Å². The highest BCUT2D eigenvalue weighted by Gasteiger charge is 2.35. The first-order valence-electron chi connectivity index (χ1n) is 10.3. The van der Waals surface area contributed by atoms with Gasteiger partial charge in [-0.25, -0.2) is 29.5 Å². The van der Waals surface area contributed by atoms with E-state index in [2.05, 4.69) is 9.97 Å². The van der Waals surface area contributed by atoms with Crippen molar-refractivity contribution in [2.75, 3.05) is 26.4 Å². The summed E-state index contributed by atoms with van der Waals surface area (Å²) in [7, 11) is -8.10. The average Bonchev–Trinajstić information content (AvgIpc) is 2.81. The molecule has 192 valence electrons. The molecule has 0 N–H and O–H groups in total. The summed E-state index contributed by atoms with van der Waals surface area (Å²) in [4.78, 5) is 28.3. The molecule has 0 amide bonds. The monoisotopic (exact) mass is 562 g/mol. The normalized spacial score (nSPS) is 12.5. The van der Waals surface area contributed by atoms with Gasteiger partial charge in [0.2, 0.25) is 0 Å². The lowest BCUT2D eigenvalue weighted by Crippen LogP contribution is -2.09. The lowest BCUT2D eigenvalue weighted by Gasteiger charge is -2.19. The molecule has 0 spiro atoms. The predicted octanol–water partition coefficient (Wildman–Crippen LogP) is 6.20. The molecule has 1 aromatic heterocycles. The van der Waals surface area contributed by atoms with E-state index in [4.69, 9.17) is 61.4 Å². The topological polar surface area (TPSA) is 134 Å². The van der Waals surface area contributed by atoms with Crippen LogP contribution in [0.5, 0.6) is 0 Å². The van der Waals surface area contributed by atoms with Crippen molar-refractivity contribution in [3.05, 3.63) is 33.6 Å². The van der Waals surface area contributed by atoms with Crippen molar-refractivity contribution >= 4 is 49.4 Å². The molecule has 1 heterocycles. The SMILES string of the molecule is CCOOP(=O)(Cc1nc2cc(Cl)c(Cl)cc2nc1CP(=O)(OOCC)OOCC)OOCC. The van der Waals surface area contributed by atoms with Crippen LogP contribution in [0.3, 0.4) is 0 Å². The van der Waals surface area contributed by atoms with Crippen molar-refractivity contribution in [3.8, 4) is 0 Å². The quantitative estimate of drug-likeness (QED) is 0.131. The van der Waals surface area contributed by atoms with E-state index in [1.165, 1.54) is 12.1 Å². The predicted molar refractivity (Wildman–Crippen MR) is 123 cm³/mol. The maximum Gasteiger partial charge on any atom is 0.390 e. The Kier molecular flexibility index (Phi) is 12.3. The number of hydrogen-bond acceptors (Lipinski definition) is 12. The molecule has 0 fully saturated rings. The van der Waals surface area contributed by atoms with Gasteiger partial charge in [0.25, 0.3) is 0 Å². The number of hydrogen-bond donors (Lipinski definition) is 0. The van der Waals surface area contributed by atoms with Crippen molar-refractivity contribution in [2.45, 2.75) is 40.0 Å². The van der Waals surface area contributed by atoms with Gasteiger partial charge in [-0.3, -0.25) is 9.13 Å². The van der Waals surface area contributed by atoms with E-state index in [1.807, 2.05) is 0 Å². The number of rotatable bonds is 16. The standard InChI is InChI=1S/C18H26Cl2N2O10P2/c1-5-25-29-33(23,30-26-6-2)11-17-18(12-34(24,31-27-7-3)32-28-8-4)22-16-10-14(20)13(19)9-15(16)21-17/h9-10H,5-8,11-12H2,1-4H3. The lowest BCUT2D eigenvalue weighted by molar-refractivity contribution is -0.263. The maximum absolute atomic E-state index is 13.2. The highest BCUT2D eigenvalue weighted by molar-refractivity contribution is 7.53. The zero-order valence-corrected chi connectivity index (χ0v) is 22.3. The zero-order valence-electron chi connectivity index (χ0n) is 19.0. The molecule has 34 heavy (non-hydrogen) atoms. The zero-order chi connectivity index (χ0) is 25.2. The molecular formula is C18H26Cl2N2O10P2. The second-order valence-electron chi connectivity index (χ2n) is 6.33. The smallest absolute Gasteiger partial charge is 0.255 e. The minimum atomic E-state index is -4.05. The molecule has 0 unspecified atom stereocenters. The Labute approximate surface area is 206 Å². The Morgan fingerprint density at radius 3 is 1.21 bits per heavy atom. The van der Waals surface area contributed by atoms with Crippen molar-refractivity contribution in [2.24, 2.45) is 0 Å². The van der Waals surface area contributed by atoms with Crippen LogP contribution < -0.4 is 0 Å². The second-order valence-corrected chi connectivity index (χ2v) is 10.8. The molecule has 0 bridgehead atoms. The molecule has 12 nitrogen and oxygen atoms in total. The van der Waals surface area contributed by atoms with Crippen molar-refractivity contribution in [1.29, 1.82) is 0 Å². The first-order chi connectivity index (χ1) is 16.2. The molecule has 0 saturated carbocycles. The molecule has 1 aromatic carbocycles. The van der Waals surface area contributed by atoms with E-state index in [1.54, 1.807) is 27.7 Å². The van der Waals surface area contributed by atoms with Crippen molar-refractivity contribution < 1.29 is 47.4 Å². The lowest BCUT2D eigenvalue weighted by atomic mass is 10.2. The van der Waals surface area contributed by atoms with Gasteiger partial charge in [-0.05, 0) is 39.8 Å². The largest absolute Gasteiger partial charge is 0.390 e. The summed E-state index contributed by atoms with van der Waals surface area (Å²) in [5.41, 5.74) is 0.765. The van der Waals surface area contributed by atoms with Gasteiger partial charge in [0.15, 0.2) is 0 Å². The summed E-state index contributed by atoms with van der Waals surface area (Å²) >= 11 is 12.2. The van der Waals surface area contributed by atoms with Crippen LogP contribution in [-0.4, -0.2) is 36.4 Å². The molecule has 0 saturated heterocycles. The molecule has 0 aliphatic rings. The highest BCUT2D eigenvalue weighted by Crippen LogP contribution is 2.55. The van der Waals surface area contributed by atoms with Crippen LogP contribution in [0.15, 0.2) is 12.1 Å². The van der Waals surface area contributed by atoms with Crippen LogP contribution in [0.2, 0.25) is 10.0 Å². The summed E-state index contributed by atoms with van der Waals surface area (Å²) in [6, 6.07) is 2.95. The first kappa shape index (κ1) is 29.5. The third kappa shape index (κ3) is 8.74. The number of benzene rings is 1.